The van der Waals surface area contributed by atoms with Crippen LogP contribution in [0.5, 0.6) is 0 Å². The first-order valence-corrected chi connectivity index (χ1v) is 10.7. The summed E-state index contributed by atoms with van der Waals surface area (Å²) in [5, 5.41) is 15.6. The van der Waals surface area contributed by atoms with E-state index in [2.05, 4.69) is 12.1 Å². The highest BCUT2D eigenvalue weighted by molar-refractivity contribution is 6.39. The van der Waals surface area contributed by atoms with Crippen molar-refractivity contribution in [3.63, 3.8) is 0 Å². The summed E-state index contributed by atoms with van der Waals surface area (Å²) in [6.07, 6.45) is 2.42. The van der Waals surface area contributed by atoms with Gasteiger partial charge in [0.05, 0.1) is 28.3 Å². The van der Waals surface area contributed by atoms with Crippen molar-refractivity contribution < 1.29 is 19.2 Å². The minimum Gasteiger partial charge on any atom is -0.382 e. The molecule has 7 heteroatoms. The number of carbonyl (C=O) groups is 1. The van der Waals surface area contributed by atoms with Crippen molar-refractivity contribution in [2.75, 3.05) is 0 Å². The first-order valence-electron chi connectivity index (χ1n) is 9.98. The molecule has 0 amide bonds. The maximum atomic E-state index is 12.3. The molecule has 1 aromatic heterocycles. The summed E-state index contributed by atoms with van der Waals surface area (Å²) < 4.78 is 11.7. The van der Waals surface area contributed by atoms with Gasteiger partial charge < -0.3 is 14.4 Å². The van der Waals surface area contributed by atoms with E-state index in [-0.39, 0.29) is 24.5 Å². The zero-order valence-corrected chi connectivity index (χ0v) is 18.3. The lowest BCUT2D eigenvalue weighted by Gasteiger charge is -2.28. The Kier molecular flexibility index (Phi) is 5.53. The average Bonchev–Trinajstić information content (AvgIpc) is 3.10. The third kappa shape index (κ3) is 3.86. The highest BCUT2D eigenvalue weighted by Crippen LogP contribution is 2.45. The minimum atomic E-state index is -1.24. The first kappa shape index (κ1) is 20.9. The van der Waals surface area contributed by atoms with E-state index in [9.17, 15) is 9.90 Å². The molecule has 2 aliphatic carbocycles. The van der Waals surface area contributed by atoms with Crippen LogP contribution in [0.15, 0.2) is 22.7 Å². The van der Waals surface area contributed by atoms with Crippen LogP contribution >= 0.6 is 23.2 Å². The van der Waals surface area contributed by atoms with Crippen molar-refractivity contribution in [1.82, 2.24) is 5.16 Å². The Balaban J connectivity index is 1.63. The van der Waals surface area contributed by atoms with Crippen LogP contribution in [0.25, 0.3) is 11.3 Å². The molecule has 2 saturated carbocycles. The number of aromatic nitrogens is 1. The Hall–Kier alpha value is -1.40. The number of halogens is 2. The van der Waals surface area contributed by atoms with Crippen LogP contribution in [0.4, 0.5) is 0 Å². The van der Waals surface area contributed by atoms with Crippen molar-refractivity contribution in [2.24, 2.45) is 17.8 Å². The summed E-state index contributed by atoms with van der Waals surface area (Å²) in [6, 6.07) is 5.23. The van der Waals surface area contributed by atoms with Gasteiger partial charge in [0, 0.05) is 17.4 Å². The number of benzene rings is 1. The second-order valence-corrected chi connectivity index (χ2v) is 9.63. The van der Waals surface area contributed by atoms with Crippen molar-refractivity contribution in [1.29, 1.82) is 0 Å². The topological polar surface area (TPSA) is 72.6 Å². The summed E-state index contributed by atoms with van der Waals surface area (Å²) in [4.78, 5) is 12.3. The Morgan fingerprint density at radius 1 is 1.24 bits per heavy atom. The van der Waals surface area contributed by atoms with Gasteiger partial charge in [0.1, 0.15) is 17.1 Å². The molecule has 4 rings (SSSR count). The molecule has 5 nitrogen and oxygen atoms in total. The number of fused-ring (bicyclic) bond motifs is 2. The Bertz CT molecular complexity index is 913. The Morgan fingerprint density at radius 2 is 1.93 bits per heavy atom. The summed E-state index contributed by atoms with van der Waals surface area (Å²) in [7, 11) is 0. The molecule has 0 radical (unpaired) electrons. The van der Waals surface area contributed by atoms with Gasteiger partial charge in [-0.3, -0.25) is 4.79 Å². The average molecular weight is 438 g/mol. The van der Waals surface area contributed by atoms with Crippen LogP contribution in [0, 0.1) is 17.8 Å². The van der Waals surface area contributed by atoms with Gasteiger partial charge in [-0.15, -0.1) is 0 Å². The molecule has 0 saturated heterocycles. The number of hydrogen-bond acceptors (Lipinski definition) is 5. The first-order chi connectivity index (χ1) is 13.7. The van der Waals surface area contributed by atoms with Crippen LogP contribution in [-0.4, -0.2) is 22.2 Å². The van der Waals surface area contributed by atoms with Crippen LogP contribution < -0.4 is 0 Å². The zero-order chi connectivity index (χ0) is 20.9. The minimum absolute atomic E-state index is 0.00762. The molecule has 29 heavy (non-hydrogen) atoms. The summed E-state index contributed by atoms with van der Waals surface area (Å²) in [6.45, 7) is 5.62. The van der Waals surface area contributed by atoms with Gasteiger partial charge in [-0.1, -0.05) is 41.3 Å². The Morgan fingerprint density at radius 3 is 2.55 bits per heavy atom. The van der Waals surface area contributed by atoms with Crippen molar-refractivity contribution in [2.45, 2.75) is 58.3 Å². The van der Waals surface area contributed by atoms with Gasteiger partial charge in [0.15, 0.2) is 5.76 Å². The Labute approximate surface area is 180 Å². The number of nitrogens with zero attached hydrogens (tertiary/aromatic N) is 1. The number of Topliss-reactive ketones (excluding diaryl/α,β-unsaturated/α-hetero) is 1. The van der Waals surface area contributed by atoms with Crippen LogP contribution in [0.3, 0.4) is 0 Å². The highest BCUT2D eigenvalue weighted by atomic mass is 35.5. The second kappa shape index (κ2) is 7.69. The monoisotopic (exact) mass is 437 g/mol. The van der Waals surface area contributed by atoms with E-state index >= 15 is 0 Å². The smallest absolute Gasteiger partial charge is 0.173 e. The lowest BCUT2D eigenvalue weighted by atomic mass is 9.84. The van der Waals surface area contributed by atoms with Crippen molar-refractivity contribution in [3.05, 3.63) is 39.6 Å². The van der Waals surface area contributed by atoms with E-state index in [1.165, 1.54) is 0 Å². The van der Waals surface area contributed by atoms with Gasteiger partial charge in [-0.2, -0.15) is 0 Å². The molecule has 2 aromatic rings. The molecule has 0 spiro atoms. The molecule has 156 valence electrons. The molecule has 2 bridgehead atoms. The molecule has 4 atom stereocenters. The third-order valence-electron chi connectivity index (χ3n) is 6.18. The number of aliphatic hydroxyl groups is 1. The number of ketones is 1. The van der Waals surface area contributed by atoms with Gasteiger partial charge in [-0.25, -0.2) is 0 Å². The highest BCUT2D eigenvalue weighted by Gasteiger charge is 2.46. The molecular weight excluding hydrogens is 413 g/mol. The van der Waals surface area contributed by atoms with E-state index in [1.54, 1.807) is 32.0 Å². The fraction of sp³-hybridized carbons (Fsp3) is 0.545. The number of ether oxygens (including phenoxy) is 1. The maximum Gasteiger partial charge on any atom is 0.173 e. The third-order valence-corrected chi connectivity index (χ3v) is 6.81. The van der Waals surface area contributed by atoms with Gasteiger partial charge in [0.2, 0.25) is 0 Å². The van der Waals surface area contributed by atoms with Crippen LogP contribution in [0.1, 0.15) is 51.4 Å². The predicted molar refractivity (Wildman–Crippen MR) is 111 cm³/mol. The molecule has 0 aliphatic heterocycles. The largest absolute Gasteiger partial charge is 0.382 e. The van der Waals surface area contributed by atoms with Gasteiger partial charge in [-0.05, 0) is 51.2 Å². The molecule has 2 aliphatic rings. The van der Waals surface area contributed by atoms with Gasteiger partial charge in [0.25, 0.3) is 0 Å². The molecule has 2 fully saturated rings. The number of carbonyl (C=O) groups excluding carboxylic acids is 1. The lowest BCUT2D eigenvalue weighted by molar-refractivity contribution is -0.130. The lowest BCUT2D eigenvalue weighted by Crippen LogP contribution is -2.32. The maximum absolute atomic E-state index is 12.3. The van der Waals surface area contributed by atoms with E-state index in [1.807, 2.05) is 0 Å². The standard InChI is InChI=1S/C22H25Cl2NO4/c1-11-7-12-8-13(9-14(11)20(12)26)28-10-15-19(25-29-21(15)22(2,3)27)18-16(23)5-4-6-17(18)24/h4-6,11-14,27H,7-10H2,1-3H3/t11?,12-,13-,14?/m1/s1. The fourth-order valence-corrected chi connectivity index (χ4v) is 5.33. The quantitative estimate of drug-likeness (QED) is 0.677. The van der Waals surface area contributed by atoms with E-state index < -0.39 is 5.60 Å². The van der Waals surface area contributed by atoms with E-state index in [0.717, 1.165) is 19.3 Å². The molecule has 1 aromatic carbocycles. The normalized spacial score (nSPS) is 26.9. The fourth-order valence-electron chi connectivity index (χ4n) is 4.75. The zero-order valence-electron chi connectivity index (χ0n) is 16.7. The van der Waals surface area contributed by atoms with Crippen molar-refractivity contribution >= 4 is 29.0 Å². The SMILES string of the molecule is CC1C[C@@H]2C[C@@H](OCc3c(-c4c(Cl)cccc4Cl)noc3C(C)(C)O)CC1C2=O. The molecular formula is C22H25Cl2NO4. The predicted octanol–water partition coefficient (Wildman–Crippen LogP) is 5.40. The number of hydrogen-bond donors (Lipinski definition) is 1. The van der Waals surface area contributed by atoms with Crippen molar-refractivity contribution in [3.8, 4) is 11.3 Å². The van der Waals surface area contributed by atoms with Gasteiger partial charge >= 0.3 is 0 Å². The van der Waals surface area contributed by atoms with Crippen LogP contribution in [-0.2, 0) is 21.7 Å². The molecule has 1 N–H and O–H groups in total. The number of rotatable bonds is 5. The summed E-state index contributed by atoms with van der Waals surface area (Å²) in [5.41, 5.74) is 0.417. The summed E-state index contributed by atoms with van der Waals surface area (Å²) in [5.74, 6) is 1.32. The van der Waals surface area contributed by atoms with E-state index in [0.29, 0.717) is 44.3 Å². The summed E-state index contributed by atoms with van der Waals surface area (Å²) >= 11 is 12.8. The molecule has 1 heterocycles. The van der Waals surface area contributed by atoms with Crippen LogP contribution in [0.2, 0.25) is 10.0 Å². The molecule has 2 unspecified atom stereocenters. The second-order valence-electron chi connectivity index (χ2n) is 8.82. The van der Waals surface area contributed by atoms with E-state index in [4.69, 9.17) is 32.5 Å².